The Kier molecular flexibility index (Phi) is 3.70. The van der Waals surface area contributed by atoms with Gasteiger partial charge < -0.3 is 5.32 Å². The normalized spacial score (nSPS) is 11.3. The minimum atomic E-state index is -3.39. The number of amides is 1. The summed E-state index contributed by atoms with van der Waals surface area (Å²) in [5.41, 5.74) is 1.17. The SMILES string of the molecule is CS(=O)(=O)c1ccccc1-n1cc(NC(=O)c2ccn[nH]2)cn1. The molecule has 0 aliphatic carbocycles. The molecule has 1 aromatic carbocycles. The fourth-order valence-electron chi connectivity index (χ4n) is 2.06. The number of rotatable bonds is 4. The van der Waals surface area contributed by atoms with Crippen LogP contribution < -0.4 is 5.32 Å². The van der Waals surface area contributed by atoms with Gasteiger partial charge in [-0.25, -0.2) is 13.1 Å². The van der Waals surface area contributed by atoms with E-state index < -0.39 is 9.84 Å². The lowest BCUT2D eigenvalue weighted by molar-refractivity contribution is 0.102. The second kappa shape index (κ2) is 5.69. The molecule has 0 unspecified atom stereocenters. The summed E-state index contributed by atoms with van der Waals surface area (Å²) in [7, 11) is -3.39. The van der Waals surface area contributed by atoms with Crippen LogP contribution in [-0.4, -0.2) is 40.6 Å². The fraction of sp³-hybridized carbons (Fsp3) is 0.0714. The van der Waals surface area contributed by atoms with Crippen molar-refractivity contribution in [2.24, 2.45) is 0 Å². The number of para-hydroxylation sites is 1. The smallest absolute Gasteiger partial charge is 0.273 e. The molecule has 0 spiro atoms. The Balaban J connectivity index is 1.90. The Bertz CT molecular complexity index is 944. The zero-order valence-electron chi connectivity index (χ0n) is 12.1. The van der Waals surface area contributed by atoms with Gasteiger partial charge >= 0.3 is 0 Å². The molecule has 0 aliphatic heterocycles. The predicted molar refractivity (Wildman–Crippen MR) is 83.2 cm³/mol. The van der Waals surface area contributed by atoms with Gasteiger partial charge in [-0.05, 0) is 18.2 Å². The summed E-state index contributed by atoms with van der Waals surface area (Å²) in [6.45, 7) is 0. The van der Waals surface area contributed by atoms with Gasteiger partial charge in [-0.3, -0.25) is 9.89 Å². The number of hydrogen-bond donors (Lipinski definition) is 2. The molecule has 2 N–H and O–H groups in total. The van der Waals surface area contributed by atoms with E-state index in [1.807, 2.05) is 0 Å². The second-order valence-electron chi connectivity index (χ2n) is 4.84. The van der Waals surface area contributed by atoms with Gasteiger partial charge in [0.05, 0.1) is 28.7 Å². The van der Waals surface area contributed by atoms with Crippen molar-refractivity contribution in [1.82, 2.24) is 20.0 Å². The van der Waals surface area contributed by atoms with Gasteiger partial charge in [0, 0.05) is 12.5 Å². The lowest BCUT2D eigenvalue weighted by atomic mass is 10.3. The molecule has 0 bridgehead atoms. The van der Waals surface area contributed by atoms with E-state index >= 15 is 0 Å². The van der Waals surface area contributed by atoms with Gasteiger partial charge in [-0.15, -0.1) is 0 Å². The van der Waals surface area contributed by atoms with Crippen LogP contribution in [0.3, 0.4) is 0 Å². The van der Waals surface area contributed by atoms with E-state index in [1.54, 1.807) is 24.3 Å². The third-order valence-corrected chi connectivity index (χ3v) is 4.24. The molecule has 23 heavy (non-hydrogen) atoms. The highest BCUT2D eigenvalue weighted by Crippen LogP contribution is 2.20. The number of carbonyl (C=O) groups is 1. The number of aromatic nitrogens is 4. The van der Waals surface area contributed by atoms with Crippen molar-refractivity contribution in [2.75, 3.05) is 11.6 Å². The maximum Gasteiger partial charge on any atom is 0.273 e. The molecule has 3 rings (SSSR count). The number of anilines is 1. The number of sulfone groups is 1. The first-order valence-corrected chi connectivity index (χ1v) is 8.49. The second-order valence-corrected chi connectivity index (χ2v) is 6.82. The van der Waals surface area contributed by atoms with Gasteiger partial charge in [0.2, 0.25) is 0 Å². The third kappa shape index (κ3) is 3.14. The first-order valence-electron chi connectivity index (χ1n) is 6.60. The molecule has 8 nitrogen and oxygen atoms in total. The summed E-state index contributed by atoms with van der Waals surface area (Å²) < 4.78 is 25.1. The maximum absolute atomic E-state index is 11.9. The molecule has 0 fully saturated rings. The fourth-order valence-corrected chi connectivity index (χ4v) is 2.93. The van der Waals surface area contributed by atoms with Gasteiger partial charge in [0.25, 0.3) is 5.91 Å². The van der Waals surface area contributed by atoms with Crippen molar-refractivity contribution in [2.45, 2.75) is 4.90 Å². The Labute approximate surface area is 132 Å². The molecule has 0 saturated carbocycles. The first kappa shape index (κ1) is 15.0. The molecule has 2 aromatic heterocycles. The molecular formula is C14H13N5O3S. The van der Waals surface area contributed by atoms with E-state index in [2.05, 4.69) is 20.6 Å². The van der Waals surface area contributed by atoms with Crippen LogP contribution in [0.25, 0.3) is 5.69 Å². The zero-order valence-corrected chi connectivity index (χ0v) is 12.9. The van der Waals surface area contributed by atoms with Crippen LogP contribution >= 0.6 is 0 Å². The van der Waals surface area contributed by atoms with Crippen molar-refractivity contribution in [3.05, 3.63) is 54.6 Å². The largest absolute Gasteiger partial charge is 0.318 e. The van der Waals surface area contributed by atoms with Crippen molar-refractivity contribution >= 4 is 21.4 Å². The summed E-state index contributed by atoms with van der Waals surface area (Å²) in [6.07, 6.45) is 5.59. The van der Waals surface area contributed by atoms with E-state index in [0.29, 0.717) is 17.1 Å². The average Bonchev–Trinajstić information content (AvgIpc) is 3.18. The van der Waals surface area contributed by atoms with Gasteiger partial charge in [0.15, 0.2) is 9.84 Å². The van der Waals surface area contributed by atoms with E-state index in [4.69, 9.17) is 0 Å². The summed E-state index contributed by atoms with van der Waals surface area (Å²) in [5.74, 6) is -0.363. The lowest BCUT2D eigenvalue weighted by Gasteiger charge is -2.07. The highest BCUT2D eigenvalue weighted by atomic mass is 32.2. The van der Waals surface area contributed by atoms with Crippen LogP contribution in [0.5, 0.6) is 0 Å². The monoisotopic (exact) mass is 331 g/mol. The number of hydrogen-bond acceptors (Lipinski definition) is 5. The highest BCUT2D eigenvalue weighted by molar-refractivity contribution is 7.90. The van der Waals surface area contributed by atoms with E-state index in [1.165, 1.54) is 29.3 Å². The van der Waals surface area contributed by atoms with Crippen molar-refractivity contribution in [3.63, 3.8) is 0 Å². The summed E-state index contributed by atoms with van der Waals surface area (Å²) in [6, 6.07) is 8.05. The summed E-state index contributed by atoms with van der Waals surface area (Å²) in [5, 5.41) is 13.0. The minimum absolute atomic E-state index is 0.162. The van der Waals surface area contributed by atoms with E-state index in [0.717, 1.165) is 6.26 Å². The quantitative estimate of drug-likeness (QED) is 0.747. The van der Waals surface area contributed by atoms with Crippen LogP contribution in [0.4, 0.5) is 5.69 Å². The number of benzene rings is 1. The number of H-pyrrole nitrogens is 1. The summed E-state index contributed by atoms with van der Waals surface area (Å²) >= 11 is 0. The molecule has 0 aliphatic rings. The van der Waals surface area contributed by atoms with Crippen molar-refractivity contribution in [1.29, 1.82) is 0 Å². The zero-order chi connectivity index (χ0) is 16.4. The molecule has 3 aromatic rings. The van der Waals surface area contributed by atoms with Crippen LogP contribution in [0.15, 0.2) is 53.8 Å². The first-order chi connectivity index (χ1) is 10.9. The number of carbonyl (C=O) groups excluding carboxylic acids is 1. The Morgan fingerprint density at radius 1 is 1.26 bits per heavy atom. The van der Waals surface area contributed by atoms with Gasteiger partial charge in [-0.2, -0.15) is 10.2 Å². The summed E-state index contributed by atoms with van der Waals surface area (Å²) in [4.78, 5) is 12.1. The topological polar surface area (TPSA) is 110 Å². The standard InChI is InChI=1S/C14H13N5O3S/c1-23(21,22)13-5-3-2-4-12(13)19-9-10(8-16-19)17-14(20)11-6-7-15-18-11/h2-9H,1H3,(H,15,18)(H,17,20). The molecular weight excluding hydrogens is 318 g/mol. The van der Waals surface area contributed by atoms with Gasteiger partial charge in [0.1, 0.15) is 5.69 Å². The highest BCUT2D eigenvalue weighted by Gasteiger charge is 2.15. The van der Waals surface area contributed by atoms with Crippen LogP contribution in [0.2, 0.25) is 0 Å². The van der Waals surface area contributed by atoms with Crippen molar-refractivity contribution < 1.29 is 13.2 Å². The van der Waals surface area contributed by atoms with Crippen LogP contribution in [-0.2, 0) is 9.84 Å². The van der Waals surface area contributed by atoms with Crippen LogP contribution in [0, 0.1) is 0 Å². The molecule has 0 radical (unpaired) electrons. The Morgan fingerprint density at radius 3 is 2.74 bits per heavy atom. The lowest BCUT2D eigenvalue weighted by Crippen LogP contribution is -2.11. The van der Waals surface area contributed by atoms with E-state index in [-0.39, 0.29) is 10.8 Å². The minimum Gasteiger partial charge on any atom is -0.318 e. The molecule has 2 heterocycles. The number of nitrogens with zero attached hydrogens (tertiary/aromatic N) is 3. The molecule has 9 heteroatoms. The Morgan fingerprint density at radius 2 is 2.04 bits per heavy atom. The average molecular weight is 331 g/mol. The molecule has 0 atom stereocenters. The van der Waals surface area contributed by atoms with E-state index in [9.17, 15) is 13.2 Å². The maximum atomic E-state index is 11.9. The molecule has 118 valence electrons. The predicted octanol–water partition coefficient (Wildman–Crippen LogP) is 1.25. The number of nitrogens with one attached hydrogen (secondary N) is 2. The van der Waals surface area contributed by atoms with Crippen LogP contribution in [0.1, 0.15) is 10.5 Å². The molecule has 1 amide bonds. The Hall–Kier alpha value is -2.94. The number of aromatic amines is 1. The van der Waals surface area contributed by atoms with Gasteiger partial charge in [-0.1, -0.05) is 12.1 Å². The molecule has 0 saturated heterocycles. The van der Waals surface area contributed by atoms with Crippen molar-refractivity contribution in [3.8, 4) is 5.69 Å². The third-order valence-electron chi connectivity index (χ3n) is 3.10.